The molecule has 1 atom stereocenters. The molecule has 0 bridgehead atoms. The van der Waals surface area contributed by atoms with E-state index in [1.807, 2.05) is 0 Å². The molecule has 0 spiro atoms. The van der Waals surface area contributed by atoms with Gasteiger partial charge in [-0.25, -0.2) is 4.98 Å². The molecule has 2 aromatic carbocycles. The van der Waals surface area contributed by atoms with Crippen molar-refractivity contribution in [3.63, 3.8) is 0 Å². The molecule has 1 saturated heterocycles. The van der Waals surface area contributed by atoms with Gasteiger partial charge in [0.1, 0.15) is 17.4 Å². The first-order valence-electron chi connectivity index (χ1n) is 11.9. The number of phenols is 1. The summed E-state index contributed by atoms with van der Waals surface area (Å²) >= 11 is 6.01. The van der Waals surface area contributed by atoms with Crippen molar-refractivity contribution >= 4 is 34.9 Å². The van der Waals surface area contributed by atoms with Gasteiger partial charge >= 0.3 is 0 Å². The first kappa shape index (κ1) is 25.0. The minimum absolute atomic E-state index is 0.0136. The Labute approximate surface area is 223 Å². The van der Waals surface area contributed by atoms with Crippen LogP contribution in [0.2, 0.25) is 5.02 Å². The summed E-state index contributed by atoms with van der Waals surface area (Å²) in [6, 6.07) is 18.2. The lowest BCUT2D eigenvalue weighted by Crippen LogP contribution is -2.35. The molecule has 1 aliphatic rings. The zero-order valence-electron chi connectivity index (χ0n) is 20.0. The second-order valence-corrected chi connectivity index (χ2v) is 9.14. The number of rotatable bonds is 6. The standard InChI is InChI=1S/C28H22ClN5O4/c29-17-8-9-19(24(35)13-17)23-14-20(21(15-30)26(33-23)34-28(37)25-7-3-11-38-25)16-4-1-5-18(12-16)32-27(36)22-6-2-10-31-22/h1,3-5,7-9,11-14,22,31,35H,2,6,10H2,(H,32,36)(H,33,34,37)/t22-/m0/s1. The topological polar surface area (TPSA) is 140 Å². The van der Waals surface area contributed by atoms with Crippen LogP contribution in [-0.2, 0) is 4.79 Å². The van der Waals surface area contributed by atoms with Crippen LogP contribution in [0.5, 0.6) is 5.75 Å². The third-order valence-electron chi connectivity index (χ3n) is 6.16. The molecule has 0 aliphatic carbocycles. The molecule has 1 fully saturated rings. The number of amides is 2. The smallest absolute Gasteiger partial charge is 0.292 e. The Kier molecular flexibility index (Phi) is 7.09. The Balaban J connectivity index is 1.60. The molecule has 4 N–H and O–H groups in total. The van der Waals surface area contributed by atoms with Crippen LogP contribution in [0.4, 0.5) is 11.5 Å². The number of nitrogens with zero attached hydrogens (tertiary/aromatic N) is 2. The largest absolute Gasteiger partial charge is 0.507 e. The van der Waals surface area contributed by atoms with E-state index in [0.717, 1.165) is 19.4 Å². The number of nitriles is 1. The highest BCUT2D eigenvalue weighted by molar-refractivity contribution is 6.30. The van der Waals surface area contributed by atoms with E-state index in [1.165, 1.54) is 18.4 Å². The Morgan fingerprint density at radius 2 is 1.97 bits per heavy atom. The Bertz CT molecular complexity index is 1560. The lowest BCUT2D eigenvalue weighted by Gasteiger charge is -2.15. The summed E-state index contributed by atoms with van der Waals surface area (Å²) in [4.78, 5) is 29.9. The zero-order chi connectivity index (χ0) is 26.6. The van der Waals surface area contributed by atoms with Gasteiger partial charge in [0.2, 0.25) is 5.91 Å². The molecular weight excluding hydrogens is 506 g/mol. The van der Waals surface area contributed by atoms with E-state index < -0.39 is 5.91 Å². The molecule has 1 aliphatic heterocycles. The van der Waals surface area contributed by atoms with Gasteiger partial charge in [0, 0.05) is 21.8 Å². The Morgan fingerprint density at radius 3 is 2.68 bits per heavy atom. The molecule has 4 aromatic rings. The summed E-state index contributed by atoms with van der Waals surface area (Å²) < 4.78 is 5.18. The van der Waals surface area contributed by atoms with Gasteiger partial charge in [-0.2, -0.15) is 5.26 Å². The predicted octanol–water partition coefficient (Wildman–Crippen LogP) is 5.18. The third kappa shape index (κ3) is 5.22. The molecule has 0 radical (unpaired) electrons. The molecule has 2 amide bonds. The predicted molar refractivity (Wildman–Crippen MR) is 143 cm³/mol. The number of phenolic OH excluding ortho intramolecular Hbond substituents is 1. The van der Waals surface area contributed by atoms with E-state index in [0.29, 0.717) is 33.1 Å². The maximum Gasteiger partial charge on any atom is 0.292 e. The van der Waals surface area contributed by atoms with Gasteiger partial charge in [-0.15, -0.1) is 0 Å². The first-order valence-corrected chi connectivity index (χ1v) is 12.2. The second-order valence-electron chi connectivity index (χ2n) is 8.70. The number of aromatic nitrogens is 1. The van der Waals surface area contributed by atoms with Crippen molar-refractivity contribution in [1.82, 2.24) is 10.3 Å². The summed E-state index contributed by atoms with van der Waals surface area (Å²) in [5.41, 5.74) is 2.35. The number of carbonyl (C=O) groups excluding carboxylic acids is 2. The van der Waals surface area contributed by atoms with Crippen molar-refractivity contribution in [2.24, 2.45) is 0 Å². The molecule has 0 unspecified atom stereocenters. The first-order chi connectivity index (χ1) is 18.4. The summed E-state index contributed by atoms with van der Waals surface area (Å²) in [5.74, 6) is -0.808. The second kappa shape index (κ2) is 10.8. The number of benzene rings is 2. The van der Waals surface area contributed by atoms with Crippen LogP contribution in [0.25, 0.3) is 22.4 Å². The van der Waals surface area contributed by atoms with Gasteiger partial charge in [-0.1, -0.05) is 23.7 Å². The number of furan rings is 1. The molecule has 3 heterocycles. The summed E-state index contributed by atoms with van der Waals surface area (Å²) in [6.45, 7) is 0.799. The van der Waals surface area contributed by atoms with Crippen molar-refractivity contribution in [2.75, 3.05) is 17.2 Å². The van der Waals surface area contributed by atoms with Gasteiger partial charge in [0.05, 0.1) is 18.0 Å². The van der Waals surface area contributed by atoms with Crippen molar-refractivity contribution in [3.8, 4) is 34.2 Å². The lowest BCUT2D eigenvalue weighted by atomic mass is 9.97. The van der Waals surface area contributed by atoms with Crippen LogP contribution in [0, 0.1) is 11.3 Å². The number of hydrogen-bond donors (Lipinski definition) is 4. The van der Waals surface area contributed by atoms with E-state index in [1.54, 1.807) is 48.5 Å². The fraction of sp³-hybridized carbons (Fsp3) is 0.143. The monoisotopic (exact) mass is 527 g/mol. The molecule has 9 nitrogen and oxygen atoms in total. The van der Waals surface area contributed by atoms with Crippen molar-refractivity contribution < 1.29 is 19.1 Å². The number of nitrogens with one attached hydrogen (secondary N) is 3. The molecular formula is C28H22ClN5O4. The number of halogens is 1. The Hall–Kier alpha value is -4.65. The van der Waals surface area contributed by atoms with Gasteiger partial charge in [-0.05, 0) is 73.5 Å². The average Bonchev–Trinajstić information content (AvgIpc) is 3.64. The minimum Gasteiger partial charge on any atom is -0.507 e. The molecule has 2 aromatic heterocycles. The van der Waals surface area contributed by atoms with Crippen LogP contribution >= 0.6 is 11.6 Å². The SMILES string of the molecule is N#Cc1c(-c2cccc(NC(=O)[C@@H]3CCCN3)c2)cc(-c2ccc(Cl)cc2O)nc1NC(=O)c1ccco1. The van der Waals surface area contributed by atoms with Gasteiger partial charge in [0.15, 0.2) is 11.6 Å². The van der Waals surface area contributed by atoms with E-state index in [-0.39, 0.29) is 34.8 Å². The highest BCUT2D eigenvalue weighted by Crippen LogP contribution is 2.37. The van der Waals surface area contributed by atoms with Gasteiger partial charge in [-0.3, -0.25) is 9.59 Å². The number of pyridine rings is 1. The van der Waals surface area contributed by atoms with E-state index in [9.17, 15) is 20.0 Å². The zero-order valence-corrected chi connectivity index (χ0v) is 20.7. The summed E-state index contributed by atoms with van der Waals surface area (Å²) in [5, 5.41) is 29.7. The van der Waals surface area contributed by atoms with Crippen LogP contribution in [0.15, 0.2) is 71.3 Å². The van der Waals surface area contributed by atoms with Gasteiger partial charge in [0.25, 0.3) is 5.91 Å². The summed E-state index contributed by atoms with van der Waals surface area (Å²) in [7, 11) is 0. The molecule has 5 rings (SSSR count). The molecule has 10 heteroatoms. The molecule has 0 saturated carbocycles. The maximum atomic E-state index is 12.8. The number of aromatic hydroxyl groups is 1. The van der Waals surface area contributed by atoms with Crippen LogP contribution in [-0.4, -0.2) is 34.5 Å². The van der Waals surface area contributed by atoms with E-state index >= 15 is 0 Å². The van der Waals surface area contributed by atoms with E-state index in [2.05, 4.69) is 27.0 Å². The van der Waals surface area contributed by atoms with Crippen LogP contribution < -0.4 is 16.0 Å². The third-order valence-corrected chi connectivity index (χ3v) is 6.40. The average molecular weight is 528 g/mol. The fourth-order valence-electron chi connectivity index (χ4n) is 4.31. The number of hydrogen-bond acceptors (Lipinski definition) is 7. The van der Waals surface area contributed by atoms with Crippen LogP contribution in [0.1, 0.15) is 29.0 Å². The minimum atomic E-state index is -0.590. The quantitative estimate of drug-likeness (QED) is 0.271. The Morgan fingerprint density at radius 1 is 1.11 bits per heavy atom. The van der Waals surface area contributed by atoms with Gasteiger partial charge < -0.3 is 25.5 Å². The fourth-order valence-corrected chi connectivity index (χ4v) is 4.48. The highest BCUT2D eigenvalue weighted by atomic mass is 35.5. The summed E-state index contributed by atoms with van der Waals surface area (Å²) in [6.07, 6.45) is 3.07. The number of carbonyl (C=O) groups is 2. The van der Waals surface area contributed by atoms with Crippen molar-refractivity contribution in [1.29, 1.82) is 5.26 Å². The van der Waals surface area contributed by atoms with Crippen LogP contribution in [0.3, 0.4) is 0 Å². The number of anilines is 2. The van der Waals surface area contributed by atoms with Crippen molar-refractivity contribution in [2.45, 2.75) is 18.9 Å². The van der Waals surface area contributed by atoms with E-state index in [4.69, 9.17) is 16.0 Å². The lowest BCUT2D eigenvalue weighted by molar-refractivity contribution is -0.117. The maximum absolute atomic E-state index is 12.8. The molecule has 190 valence electrons. The normalized spacial score (nSPS) is 14.6. The van der Waals surface area contributed by atoms with Crippen molar-refractivity contribution in [3.05, 3.63) is 83.3 Å². The molecule has 38 heavy (non-hydrogen) atoms. The highest BCUT2D eigenvalue weighted by Gasteiger charge is 2.23.